The Morgan fingerprint density at radius 1 is 1.32 bits per heavy atom. The van der Waals surface area contributed by atoms with E-state index in [-0.39, 0.29) is 5.91 Å². The average Bonchev–Trinajstić information content (AvgIpc) is 2.93. The van der Waals surface area contributed by atoms with Gasteiger partial charge in [0, 0.05) is 11.0 Å². The molecule has 1 amide bonds. The van der Waals surface area contributed by atoms with Gasteiger partial charge < -0.3 is 14.8 Å². The summed E-state index contributed by atoms with van der Waals surface area (Å²) in [7, 11) is 0. The number of hydrogen-bond acceptors (Lipinski definition) is 3. The molecular formula is C14H14BrNO3. The average molecular weight is 324 g/mol. The second-order valence-corrected chi connectivity index (χ2v) is 4.91. The van der Waals surface area contributed by atoms with Crippen LogP contribution in [0.25, 0.3) is 0 Å². The fourth-order valence-electron chi connectivity index (χ4n) is 1.69. The van der Waals surface area contributed by atoms with Crippen LogP contribution >= 0.6 is 15.9 Å². The number of nitrogens with one attached hydrogen (secondary N) is 1. The van der Waals surface area contributed by atoms with Gasteiger partial charge in [-0.05, 0) is 46.6 Å². The number of amides is 1. The highest BCUT2D eigenvalue weighted by Crippen LogP contribution is 2.17. The standard InChI is InChI=1S/C14H14BrNO3/c15-11-5-2-1-4-10(11)14(18)16-8-7-12(17)13-6-3-9-19-13/h1-6,9,12,17H,7-8H2,(H,16,18)/t12-/m1/s1. The normalized spacial score (nSPS) is 12.1. The maximum Gasteiger partial charge on any atom is 0.252 e. The lowest BCUT2D eigenvalue weighted by atomic mass is 10.2. The molecule has 2 rings (SSSR count). The number of carbonyl (C=O) groups is 1. The van der Waals surface area contributed by atoms with Crippen LogP contribution in [-0.2, 0) is 0 Å². The molecule has 2 N–H and O–H groups in total. The minimum Gasteiger partial charge on any atom is -0.467 e. The summed E-state index contributed by atoms with van der Waals surface area (Å²) in [4.78, 5) is 11.9. The highest BCUT2D eigenvalue weighted by Gasteiger charge is 2.12. The van der Waals surface area contributed by atoms with E-state index in [4.69, 9.17) is 4.42 Å². The Kier molecular flexibility index (Phi) is 4.76. The van der Waals surface area contributed by atoms with Crippen LogP contribution in [0.3, 0.4) is 0 Å². The van der Waals surface area contributed by atoms with Gasteiger partial charge in [0.15, 0.2) is 0 Å². The smallest absolute Gasteiger partial charge is 0.252 e. The van der Waals surface area contributed by atoms with Crippen molar-refractivity contribution in [1.29, 1.82) is 0 Å². The molecule has 4 nitrogen and oxygen atoms in total. The number of hydrogen-bond donors (Lipinski definition) is 2. The van der Waals surface area contributed by atoms with Crippen LogP contribution in [0, 0.1) is 0 Å². The monoisotopic (exact) mass is 323 g/mol. The Hall–Kier alpha value is -1.59. The van der Waals surface area contributed by atoms with Gasteiger partial charge >= 0.3 is 0 Å². The first-order valence-corrected chi connectivity index (χ1v) is 6.72. The van der Waals surface area contributed by atoms with Gasteiger partial charge in [0.05, 0.1) is 11.8 Å². The number of benzene rings is 1. The molecule has 5 heteroatoms. The SMILES string of the molecule is O=C(NCC[C@@H](O)c1ccco1)c1ccccc1Br. The second-order valence-electron chi connectivity index (χ2n) is 4.06. The third kappa shape index (κ3) is 3.68. The van der Waals surface area contributed by atoms with E-state index in [1.54, 1.807) is 24.3 Å². The van der Waals surface area contributed by atoms with Crippen LogP contribution in [-0.4, -0.2) is 17.6 Å². The van der Waals surface area contributed by atoms with Gasteiger partial charge in [-0.2, -0.15) is 0 Å². The molecular weight excluding hydrogens is 310 g/mol. The van der Waals surface area contributed by atoms with E-state index in [1.807, 2.05) is 12.1 Å². The number of furan rings is 1. The lowest BCUT2D eigenvalue weighted by Crippen LogP contribution is -2.25. The number of aliphatic hydroxyl groups excluding tert-OH is 1. The molecule has 0 radical (unpaired) electrons. The van der Waals surface area contributed by atoms with E-state index >= 15 is 0 Å². The fraction of sp³-hybridized carbons (Fsp3) is 0.214. The predicted molar refractivity (Wildman–Crippen MR) is 74.8 cm³/mol. The molecule has 0 unspecified atom stereocenters. The summed E-state index contributed by atoms with van der Waals surface area (Å²) < 4.78 is 5.84. The topological polar surface area (TPSA) is 62.5 Å². The highest BCUT2D eigenvalue weighted by molar-refractivity contribution is 9.10. The van der Waals surface area contributed by atoms with E-state index in [0.717, 1.165) is 4.47 Å². The van der Waals surface area contributed by atoms with Crippen molar-refractivity contribution in [2.45, 2.75) is 12.5 Å². The first-order chi connectivity index (χ1) is 9.18. The molecule has 0 saturated carbocycles. The first-order valence-electron chi connectivity index (χ1n) is 5.92. The van der Waals surface area contributed by atoms with Crippen molar-refractivity contribution in [1.82, 2.24) is 5.32 Å². The maximum atomic E-state index is 11.9. The van der Waals surface area contributed by atoms with Gasteiger partial charge in [-0.15, -0.1) is 0 Å². The molecule has 0 bridgehead atoms. The van der Waals surface area contributed by atoms with Crippen LogP contribution < -0.4 is 5.32 Å². The van der Waals surface area contributed by atoms with Crippen molar-refractivity contribution in [2.24, 2.45) is 0 Å². The Balaban J connectivity index is 1.83. The summed E-state index contributed by atoms with van der Waals surface area (Å²) in [5.41, 5.74) is 0.579. The van der Waals surface area contributed by atoms with Gasteiger partial charge in [0.2, 0.25) is 0 Å². The van der Waals surface area contributed by atoms with Crippen LogP contribution in [0.15, 0.2) is 51.6 Å². The van der Waals surface area contributed by atoms with Crippen LogP contribution in [0.4, 0.5) is 0 Å². The summed E-state index contributed by atoms with van der Waals surface area (Å²) >= 11 is 3.32. The van der Waals surface area contributed by atoms with E-state index in [9.17, 15) is 9.90 Å². The van der Waals surface area contributed by atoms with E-state index in [1.165, 1.54) is 6.26 Å². The summed E-state index contributed by atoms with van der Waals surface area (Å²) in [5, 5.41) is 12.6. The van der Waals surface area contributed by atoms with Gasteiger partial charge in [-0.3, -0.25) is 4.79 Å². The molecule has 1 atom stereocenters. The number of carbonyl (C=O) groups excluding carboxylic acids is 1. The summed E-state index contributed by atoms with van der Waals surface area (Å²) in [6.07, 6.45) is 1.22. The predicted octanol–water partition coefficient (Wildman–Crippen LogP) is 2.90. The highest BCUT2D eigenvalue weighted by atomic mass is 79.9. The number of rotatable bonds is 5. The fourth-order valence-corrected chi connectivity index (χ4v) is 2.15. The van der Waals surface area contributed by atoms with Crippen molar-refractivity contribution in [3.05, 3.63) is 58.5 Å². The molecule has 1 aromatic heterocycles. The summed E-state index contributed by atoms with van der Waals surface area (Å²) in [5.74, 6) is 0.342. The molecule has 0 aliphatic rings. The van der Waals surface area contributed by atoms with Crippen LogP contribution in [0.5, 0.6) is 0 Å². The molecule has 2 aromatic rings. The molecule has 1 aromatic carbocycles. The van der Waals surface area contributed by atoms with Crippen molar-refractivity contribution < 1.29 is 14.3 Å². The summed E-state index contributed by atoms with van der Waals surface area (Å²) in [6, 6.07) is 10.6. The van der Waals surface area contributed by atoms with Gasteiger partial charge in [-0.1, -0.05) is 12.1 Å². The molecule has 0 spiro atoms. The van der Waals surface area contributed by atoms with Crippen molar-refractivity contribution in [2.75, 3.05) is 6.54 Å². The Morgan fingerprint density at radius 3 is 2.79 bits per heavy atom. The zero-order valence-electron chi connectivity index (χ0n) is 10.2. The quantitative estimate of drug-likeness (QED) is 0.889. The Bertz CT molecular complexity index is 539. The minimum absolute atomic E-state index is 0.167. The maximum absolute atomic E-state index is 11.9. The molecule has 0 aliphatic carbocycles. The first kappa shape index (κ1) is 13.8. The number of aliphatic hydroxyl groups is 1. The summed E-state index contributed by atoms with van der Waals surface area (Å²) in [6.45, 7) is 0.377. The Labute approximate surface area is 119 Å². The van der Waals surface area contributed by atoms with E-state index in [0.29, 0.717) is 24.3 Å². The second kappa shape index (κ2) is 6.54. The van der Waals surface area contributed by atoms with Gasteiger partial charge in [0.1, 0.15) is 11.9 Å². The molecule has 0 aliphatic heterocycles. The van der Waals surface area contributed by atoms with Crippen molar-refractivity contribution in [3.8, 4) is 0 Å². The lowest BCUT2D eigenvalue weighted by molar-refractivity contribution is 0.0935. The van der Waals surface area contributed by atoms with Gasteiger partial charge in [-0.25, -0.2) is 0 Å². The van der Waals surface area contributed by atoms with Crippen LogP contribution in [0.1, 0.15) is 28.6 Å². The van der Waals surface area contributed by atoms with E-state index < -0.39 is 6.10 Å². The van der Waals surface area contributed by atoms with Gasteiger partial charge in [0.25, 0.3) is 5.91 Å². The zero-order chi connectivity index (χ0) is 13.7. The molecule has 0 fully saturated rings. The lowest BCUT2D eigenvalue weighted by Gasteiger charge is -2.09. The molecule has 19 heavy (non-hydrogen) atoms. The Morgan fingerprint density at radius 2 is 2.11 bits per heavy atom. The third-order valence-electron chi connectivity index (χ3n) is 2.69. The van der Waals surface area contributed by atoms with Crippen LogP contribution in [0.2, 0.25) is 0 Å². The van der Waals surface area contributed by atoms with E-state index in [2.05, 4.69) is 21.2 Å². The number of halogens is 1. The third-order valence-corrected chi connectivity index (χ3v) is 3.38. The van der Waals surface area contributed by atoms with Crippen molar-refractivity contribution in [3.63, 3.8) is 0 Å². The molecule has 0 saturated heterocycles. The molecule has 1 heterocycles. The van der Waals surface area contributed by atoms with Crippen molar-refractivity contribution >= 4 is 21.8 Å². The molecule has 100 valence electrons. The minimum atomic E-state index is -0.700. The zero-order valence-corrected chi connectivity index (χ0v) is 11.8. The largest absolute Gasteiger partial charge is 0.467 e.